The Hall–Kier alpha value is -1.20. The zero-order valence-corrected chi connectivity index (χ0v) is 11.9. The minimum absolute atomic E-state index is 0.105. The second-order valence-electron chi connectivity index (χ2n) is 4.62. The molecule has 1 aliphatic rings. The van der Waals surface area contributed by atoms with Crippen LogP contribution < -0.4 is 0 Å². The van der Waals surface area contributed by atoms with Crippen molar-refractivity contribution in [1.29, 1.82) is 0 Å². The van der Waals surface area contributed by atoms with Crippen LogP contribution in [0.2, 0.25) is 0 Å². The molecule has 19 heavy (non-hydrogen) atoms. The number of aliphatic hydroxyl groups excluding tert-OH is 1. The molecule has 1 fully saturated rings. The Morgan fingerprint density at radius 2 is 2.37 bits per heavy atom. The number of carbonyl (C=O) groups is 1. The molecule has 1 saturated heterocycles. The van der Waals surface area contributed by atoms with Crippen LogP contribution >= 0.6 is 15.9 Å². The molecule has 1 heterocycles. The van der Waals surface area contributed by atoms with Crippen LogP contribution in [-0.4, -0.2) is 35.6 Å². The fourth-order valence-electron chi connectivity index (χ4n) is 2.09. The molecule has 1 N–H and O–H groups in total. The number of rotatable bonds is 3. The van der Waals surface area contributed by atoms with Crippen molar-refractivity contribution in [3.05, 3.63) is 40.1 Å². The van der Waals surface area contributed by atoms with Crippen molar-refractivity contribution in [2.45, 2.75) is 6.42 Å². The molecular formula is C14H15BrFNO2. The lowest BCUT2D eigenvalue weighted by molar-refractivity contribution is -0.125. The third-order valence-electron chi connectivity index (χ3n) is 3.22. The van der Waals surface area contributed by atoms with Crippen molar-refractivity contribution in [1.82, 2.24) is 4.90 Å². The van der Waals surface area contributed by atoms with Gasteiger partial charge in [-0.05, 0) is 30.7 Å². The molecule has 0 saturated carbocycles. The number of halogens is 2. The van der Waals surface area contributed by atoms with Crippen LogP contribution in [0.4, 0.5) is 4.39 Å². The summed E-state index contributed by atoms with van der Waals surface area (Å²) in [6.45, 7) is 1.32. The van der Waals surface area contributed by atoms with Crippen LogP contribution in [0.25, 0.3) is 6.08 Å². The summed E-state index contributed by atoms with van der Waals surface area (Å²) in [5.74, 6) is -0.336. The molecule has 0 spiro atoms. The normalized spacial score (nSPS) is 19.3. The number of aliphatic hydroxyl groups is 1. The van der Waals surface area contributed by atoms with Gasteiger partial charge in [0.1, 0.15) is 5.82 Å². The number of hydrogen-bond acceptors (Lipinski definition) is 2. The molecule has 102 valence electrons. The Morgan fingerprint density at radius 3 is 3.05 bits per heavy atom. The average Bonchev–Trinajstić information content (AvgIpc) is 2.88. The minimum Gasteiger partial charge on any atom is -0.396 e. The van der Waals surface area contributed by atoms with E-state index in [2.05, 4.69) is 15.9 Å². The quantitative estimate of drug-likeness (QED) is 0.866. The lowest BCUT2D eigenvalue weighted by atomic mass is 10.1. The van der Waals surface area contributed by atoms with E-state index in [0.717, 1.165) is 10.9 Å². The van der Waals surface area contributed by atoms with E-state index in [1.54, 1.807) is 17.0 Å². The van der Waals surface area contributed by atoms with Crippen molar-refractivity contribution in [2.24, 2.45) is 5.92 Å². The first-order valence-corrected chi connectivity index (χ1v) is 6.92. The highest BCUT2D eigenvalue weighted by Gasteiger charge is 2.24. The highest BCUT2D eigenvalue weighted by molar-refractivity contribution is 9.10. The number of amides is 1. The van der Waals surface area contributed by atoms with Crippen molar-refractivity contribution >= 4 is 27.9 Å². The Labute approximate surface area is 119 Å². The SMILES string of the molecule is O=C(/C=C/c1cc(Br)ccc1F)N1CCC(CO)C1. The van der Waals surface area contributed by atoms with Gasteiger partial charge in [-0.25, -0.2) is 4.39 Å². The predicted molar refractivity (Wildman–Crippen MR) is 74.9 cm³/mol. The number of hydrogen-bond donors (Lipinski definition) is 1. The van der Waals surface area contributed by atoms with Crippen molar-refractivity contribution in [3.63, 3.8) is 0 Å². The molecule has 2 rings (SSSR count). The van der Waals surface area contributed by atoms with Gasteiger partial charge in [0, 0.05) is 41.7 Å². The van der Waals surface area contributed by atoms with Gasteiger partial charge in [-0.1, -0.05) is 15.9 Å². The summed E-state index contributed by atoms with van der Waals surface area (Å²) in [4.78, 5) is 13.6. The van der Waals surface area contributed by atoms with Gasteiger partial charge in [0.25, 0.3) is 0 Å². The topological polar surface area (TPSA) is 40.5 Å². The van der Waals surface area contributed by atoms with Crippen LogP contribution in [0.5, 0.6) is 0 Å². The van der Waals surface area contributed by atoms with E-state index in [9.17, 15) is 9.18 Å². The minimum atomic E-state index is -0.359. The molecule has 3 nitrogen and oxygen atoms in total. The fourth-order valence-corrected chi connectivity index (χ4v) is 2.47. The molecule has 0 radical (unpaired) electrons. The Kier molecular flexibility index (Phi) is 4.71. The third kappa shape index (κ3) is 3.64. The standard InChI is InChI=1S/C14H15BrFNO2/c15-12-2-3-13(16)11(7-12)1-4-14(19)17-6-5-10(8-17)9-18/h1-4,7,10,18H,5-6,8-9H2/b4-1+. The maximum atomic E-state index is 13.5. The van der Waals surface area contributed by atoms with Crippen LogP contribution in [0.3, 0.4) is 0 Å². The molecular weight excluding hydrogens is 313 g/mol. The largest absolute Gasteiger partial charge is 0.396 e. The van der Waals surface area contributed by atoms with E-state index in [4.69, 9.17) is 5.11 Å². The highest BCUT2D eigenvalue weighted by Crippen LogP contribution is 2.18. The first kappa shape index (κ1) is 14.2. The van der Waals surface area contributed by atoms with Crippen molar-refractivity contribution in [3.8, 4) is 0 Å². The van der Waals surface area contributed by atoms with Crippen LogP contribution in [0.15, 0.2) is 28.7 Å². The summed E-state index contributed by atoms with van der Waals surface area (Å²) in [7, 11) is 0. The maximum absolute atomic E-state index is 13.5. The van der Waals surface area contributed by atoms with E-state index < -0.39 is 0 Å². The summed E-state index contributed by atoms with van der Waals surface area (Å²) in [6.07, 6.45) is 3.68. The molecule has 1 atom stereocenters. The van der Waals surface area contributed by atoms with Gasteiger partial charge in [0.2, 0.25) is 5.91 Å². The van der Waals surface area contributed by atoms with Gasteiger partial charge < -0.3 is 10.0 Å². The monoisotopic (exact) mass is 327 g/mol. The first-order valence-electron chi connectivity index (χ1n) is 6.13. The van der Waals surface area contributed by atoms with Gasteiger partial charge in [-0.3, -0.25) is 4.79 Å². The Morgan fingerprint density at radius 1 is 1.58 bits per heavy atom. The maximum Gasteiger partial charge on any atom is 0.246 e. The molecule has 1 unspecified atom stereocenters. The van der Waals surface area contributed by atoms with Gasteiger partial charge in [0.15, 0.2) is 0 Å². The average molecular weight is 328 g/mol. The van der Waals surface area contributed by atoms with E-state index in [1.807, 2.05) is 0 Å². The molecule has 1 aromatic rings. The second-order valence-corrected chi connectivity index (χ2v) is 5.54. The van der Waals surface area contributed by atoms with Gasteiger partial charge in [-0.2, -0.15) is 0 Å². The first-order chi connectivity index (χ1) is 9.10. The summed E-state index contributed by atoms with van der Waals surface area (Å²) in [5, 5.41) is 9.03. The number of carbonyl (C=O) groups excluding carboxylic acids is 1. The van der Waals surface area contributed by atoms with Gasteiger partial charge in [-0.15, -0.1) is 0 Å². The molecule has 0 bridgehead atoms. The summed E-state index contributed by atoms with van der Waals surface area (Å²) in [6, 6.07) is 4.59. The predicted octanol–water partition coefficient (Wildman–Crippen LogP) is 2.44. The molecule has 5 heteroatoms. The molecule has 0 aliphatic carbocycles. The lowest BCUT2D eigenvalue weighted by Gasteiger charge is -2.13. The molecule has 1 aromatic carbocycles. The Bertz CT molecular complexity index is 504. The fraction of sp³-hybridized carbons (Fsp3) is 0.357. The summed E-state index contributed by atoms with van der Waals surface area (Å²) in [5.41, 5.74) is 0.376. The smallest absolute Gasteiger partial charge is 0.246 e. The second kappa shape index (κ2) is 6.30. The third-order valence-corrected chi connectivity index (χ3v) is 3.71. The van der Waals surface area contributed by atoms with Crippen LogP contribution in [0, 0.1) is 11.7 Å². The summed E-state index contributed by atoms with van der Waals surface area (Å²) >= 11 is 3.26. The van der Waals surface area contributed by atoms with Gasteiger partial charge in [0.05, 0.1) is 0 Å². The van der Waals surface area contributed by atoms with E-state index in [1.165, 1.54) is 18.2 Å². The lowest BCUT2D eigenvalue weighted by Crippen LogP contribution is -2.27. The van der Waals surface area contributed by atoms with E-state index in [-0.39, 0.29) is 24.2 Å². The van der Waals surface area contributed by atoms with E-state index in [0.29, 0.717) is 18.7 Å². The van der Waals surface area contributed by atoms with Crippen molar-refractivity contribution < 1.29 is 14.3 Å². The molecule has 1 aliphatic heterocycles. The van der Waals surface area contributed by atoms with E-state index >= 15 is 0 Å². The summed E-state index contributed by atoms with van der Waals surface area (Å²) < 4.78 is 14.3. The van der Waals surface area contributed by atoms with Crippen LogP contribution in [-0.2, 0) is 4.79 Å². The number of nitrogens with zero attached hydrogens (tertiary/aromatic N) is 1. The highest BCUT2D eigenvalue weighted by atomic mass is 79.9. The Balaban J connectivity index is 2.02. The molecule has 0 aromatic heterocycles. The van der Waals surface area contributed by atoms with Gasteiger partial charge >= 0.3 is 0 Å². The van der Waals surface area contributed by atoms with Crippen molar-refractivity contribution in [2.75, 3.05) is 19.7 Å². The zero-order chi connectivity index (χ0) is 13.8. The number of benzene rings is 1. The zero-order valence-electron chi connectivity index (χ0n) is 10.4. The number of likely N-dealkylation sites (tertiary alicyclic amines) is 1. The van der Waals surface area contributed by atoms with Crippen LogP contribution in [0.1, 0.15) is 12.0 Å². The molecule has 1 amide bonds.